The second-order valence-electron chi connectivity index (χ2n) is 5.13. The van der Waals surface area contributed by atoms with Gasteiger partial charge in [-0.15, -0.1) is 0 Å². The van der Waals surface area contributed by atoms with Crippen LogP contribution in [-0.4, -0.2) is 16.5 Å². The third kappa shape index (κ3) is 3.84. The second-order valence-corrected chi connectivity index (χ2v) is 5.13. The minimum Gasteiger partial charge on any atom is -0.354 e. The van der Waals surface area contributed by atoms with E-state index in [2.05, 4.69) is 32.8 Å². The maximum atomic E-state index is 5.61. The molecule has 3 aromatic rings. The average molecular weight is 305 g/mol. The third-order valence-corrected chi connectivity index (χ3v) is 3.55. The summed E-state index contributed by atoms with van der Waals surface area (Å²) in [5, 5.41) is 3.23. The molecule has 0 spiro atoms. The van der Waals surface area contributed by atoms with Crippen LogP contribution < -0.4 is 16.6 Å². The molecule has 116 valence electrons. The van der Waals surface area contributed by atoms with Gasteiger partial charge in [-0.1, -0.05) is 60.7 Å². The highest BCUT2D eigenvalue weighted by Gasteiger charge is 2.08. The lowest BCUT2D eigenvalue weighted by molar-refractivity contribution is 0.983. The Labute approximate surface area is 135 Å². The molecular weight excluding hydrogens is 286 g/mol. The zero-order chi connectivity index (χ0) is 15.9. The minimum absolute atomic E-state index is 0.563. The Morgan fingerprint density at radius 1 is 0.913 bits per heavy atom. The Morgan fingerprint density at radius 3 is 2.30 bits per heavy atom. The van der Waals surface area contributed by atoms with Crippen molar-refractivity contribution in [1.82, 2.24) is 9.97 Å². The Balaban J connectivity index is 1.69. The van der Waals surface area contributed by atoms with Crippen LogP contribution in [0.1, 0.15) is 5.56 Å². The number of aromatic nitrogens is 2. The molecule has 0 fully saturated rings. The first-order valence-electron chi connectivity index (χ1n) is 7.53. The number of nitrogens with two attached hydrogens (primary N) is 1. The molecule has 0 bridgehead atoms. The fourth-order valence-electron chi connectivity index (χ4n) is 2.37. The molecule has 3 rings (SSSR count). The lowest BCUT2D eigenvalue weighted by Crippen LogP contribution is -2.13. The van der Waals surface area contributed by atoms with Crippen molar-refractivity contribution in [1.29, 1.82) is 0 Å². The highest BCUT2D eigenvalue weighted by Crippen LogP contribution is 2.25. The van der Waals surface area contributed by atoms with Crippen LogP contribution in [0.3, 0.4) is 0 Å². The maximum absolute atomic E-state index is 5.61. The lowest BCUT2D eigenvalue weighted by Gasteiger charge is -2.10. The van der Waals surface area contributed by atoms with Gasteiger partial charge < -0.3 is 10.7 Å². The van der Waals surface area contributed by atoms with Crippen molar-refractivity contribution in [2.45, 2.75) is 6.42 Å². The summed E-state index contributed by atoms with van der Waals surface area (Å²) in [7, 11) is 0. The van der Waals surface area contributed by atoms with Gasteiger partial charge in [-0.3, -0.25) is 0 Å². The Morgan fingerprint density at radius 2 is 1.61 bits per heavy atom. The average Bonchev–Trinajstić information content (AvgIpc) is 2.63. The van der Waals surface area contributed by atoms with Gasteiger partial charge in [-0.25, -0.2) is 10.8 Å². The lowest BCUT2D eigenvalue weighted by atomic mass is 10.1. The van der Waals surface area contributed by atoms with E-state index in [-0.39, 0.29) is 0 Å². The smallest absolute Gasteiger partial charge is 0.224 e. The monoisotopic (exact) mass is 305 g/mol. The SMILES string of the molecule is NNc1nc(NCCc2ccccc2)ncc1-c1ccccc1. The van der Waals surface area contributed by atoms with Crippen LogP contribution in [-0.2, 0) is 6.42 Å². The molecular formula is C18H19N5. The first kappa shape index (κ1) is 15.0. The van der Waals surface area contributed by atoms with Crippen LogP contribution >= 0.6 is 0 Å². The highest BCUT2D eigenvalue weighted by molar-refractivity contribution is 5.74. The van der Waals surface area contributed by atoms with E-state index in [1.807, 2.05) is 48.5 Å². The van der Waals surface area contributed by atoms with Crippen LogP contribution in [0, 0.1) is 0 Å². The Hall–Kier alpha value is -2.92. The van der Waals surface area contributed by atoms with Gasteiger partial charge in [0.2, 0.25) is 5.95 Å². The summed E-state index contributed by atoms with van der Waals surface area (Å²) in [5.41, 5.74) is 5.83. The van der Waals surface area contributed by atoms with E-state index in [4.69, 9.17) is 5.84 Å². The fraction of sp³-hybridized carbons (Fsp3) is 0.111. The highest BCUT2D eigenvalue weighted by atomic mass is 15.3. The standard InChI is InChI=1S/C18H19N5/c19-23-17-16(15-9-5-2-6-10-15)13-21-18(22-17)20-12-11-14-7-3-1-4-8-14/h1-10,13H,11-12,19H2,(H2,20,21,22,23). The predicted molar refractivity (Wildman–Crippen MR) is 93.9 cm³/mol. The van der Waals surface area contributed by atoms with Crippen LogP contribution in [0.15, 0.2) is 66.9 Å². The number of nitrogen functional groups attached to an aromatic ring is 1. The summed E-state index contributed by atoms with van der Waals surface area (Å²) in [6.07, 6.45) is 2.69. The zero-order valence-electron chi connectivity index (χ0n) is 12.7. The summed E-state index contributed by atoms with van der Waals surface area (Å²) in [6, 6.07) is 20.2. The largest absolute Gasteiger partial charge is 0.354 e. The van der Waals surface area contributed by atoms with E-state index in [0.717, 1.165) is 24.1 Å². The van der Waals surface area contributed by atoms with Crippen LogP contribution in [0.2, 0.25) is 0 Å². The zero-order valence-corrected chi connectivity index (χ0v) is 12.7. The number of hydrogen-bond donors (Lipinski definition) is 3. The van der Waals surface area contributed by atoms with Gasteiger partial charge in [0.15, 0.2) is 5.82 Å². The maximum Gasteiger partial charge on any atom is 0.224 e. The van der Waals surface area contributed by atoms with E-state index in [0.29, 0.717) is 11.8 Å². The summed E-state index contributed by atoms with van der Waals surface area (Å²) >= 11 is 0. The molecule has 2 aromatic carbocycles. The number of hydrazine groups is 1. The van der Waals surface area contributed by atoms with Gasteiger partial charge in [0.25, 0.3) is 0 Å². The molecule has 0 aliphatic rings. The van der Waals surface area contributed by atoms with E-state index in [9.17, 15) is 0 Å². The fourth-order valence-corrected chi connectivity index (χ4v) is 2.37. The topological polar surface area (TPSA) is 75.9 Å². The Bertz CT molecular complexity index is 744. The molecule has 0 unspecified atom stereocenters. The van der Waals surface area contributed by atoms with Crippen molar-refractivity contribution in [2.75, 3.05) is 17.3 Å². The van der Waals surface area contributed by atoms with Crippen LogP contribution in [0.25, 0.3) is 11.1 Å². The number of benzene rings is 2. The third-order valence-electron chi connectivity index (χ3n) is 3.55. The van der Waals surface area contributed by atoms with E-state index < -0.39 is 0 Å². The van der Waals surface area contributed by atoms with E-state index in [1.54, 1.807) is 6.20 Å². The number of anilines is 2. The van der Waals surface area contributed by atoms with Gasteiger partial charge >= 0.3 is 0 Å². The molecule has 23 heavy (non-hydrogen) atoms. The van der Waals surface area contributed by atoms with E-state index >= 15 is 0 Å². The van der Waals surface area contributed by atoms with Crippen molar-refractivity contribution in [3.63, 3.8) is 0 Å². The molecule has 0 aliphatic carbocycles. The minimum atomic E-state index is 0.563. The van der Waals surface area contributed by atoms with Gasteiger partial charge in [-0.2, -0.15) is 4.98 Å². The number of nitrogens with zero attached hydrogens (tertiary/aromatic N) is 2. The molecule has 4 N–H and O–H groups in total. The summed E-state index contributed by atoms with van der Waals surface area (Å²) < 4.78 is 0. The molecule has 0 saturated carbocycles. The van der Waals surface area contributed by atoms with E-state index in [1.165, 1.54) is 5.56 Å². The molecule has 1 heterocycles. The number of rotatable bonds is 6. The predicted octanol–water partition coefficient (Wildman–Crippen LogP) is 3.08. The van der Waals surface area contributed by atoms with Crippen molar-refractivity contribution < 1.29 is 0 Å². The van der Waals surface area contributed by atoms with Gasteiger partial charge in [-0.05, 0) is 17.5 Å². The van der Waals surface area contributed by atoms with Crippen molar-refractivity contribution >= 4 is 11.8 Å². The molecule has 0 radical (unpaired) electrons. The van der Waals surface area contributed by atoms with Gasteiger partial charge in [0, 0.05) is 18.3 Å². The summed E-state index contributed by atoms with van der Waals surface area (Å²) in [6.45, 7) is 0.763. The van der Waals surface area contributed by atoms with Crippen molar-refractivity contribution in [2.24, 2.45) is 5.84 Å². The number of hydrogen-bond acceptors (Lipinski definition) is 5. The Kier molecular flexibility index (Phi) is 4.81. The van der Waals surface area contributed by atoms with Gasteiger partial charge in [0.1, 0.15) is 0 Å². The summed E-state index contributed by atoms with van der Waals surface area (Å²) in [5.74, 6) is 6.78. The quantitative estimate of drug-likeness (QED) is 0.482. The molecule has 1 aromatic heterocycles. The van der Waals surface area contributed by atoms with Crippen molar-refractivity contribution in [3.8, 4) is 11.1 Å². The number of nitrogens with one attached hydrogen (secondary N) is 2. The van der Waals surface area contributed by atoms with Crippen LogP contribution in [0.5, 0.6) is 0 Å². The normalized spacial score (nSPS) is 10.3. The molecule has 0 atom stereocenters. The summed E-state index contributed by atoms with van der Waals surface area (Å²) in [4.78, 5) is 8.82. The second kappa shape index (κ2) is 7.38. The van der Waals surface area contributed by atoms with Gasteiger partial charge in [0.05, 0.1) is 0 Å². The molecule has 5 heteroatoms. The molecule has 0 aliphatic heterocycles. The molecule has 5 nitrogen and oxygen atoms in total. The van der Waals surface area contributed by atoms with Crippen molar-refractivity contribution in [3.05, 3.63) is 72.4 Å². The molecule has 0 amide bonds. The first-order chi connectivity index (χ1) is 11.4. The first-order valence-corrected chi connectivity index (χ1v) is 7.53. The molecule has 0 saturated heterocycles. The van der Waals surface area contributed by atoms with Crippen LogP contribution in [0.4, 0.5) is 11.8 Å².